The van der Waals surface area contributed by atoms with Crippen LogP contribution in [0.2, 0.25) is 10.0 Å². The summed E-state index contributed by atoms with van der Waals surface area (Å²) in [6, 6.07) is 11.8. The van der Waals surface area contributed by atoms with Crippen molar-refractivity contribution in [2.24, 2.45) is 0 Å². The van der Waals surface area contributed by atoms with Gasteiger partial charge in [0, 0.05) is 23.9 Å². The topological polar surface area (TPSA) is 59.6 Å². The van der Waals surface area contributed by atoms with Crippen molar-refractivity contribution in [1.82, 2.24) is 5.32 Å². The van der Waals surface area contributed by atoms with Crippen LogP contribution in [0, 0.1) is 0 Å². The predicted molar refractivity (Wildman–Crippen MR) is 104 cm³/mol. The van der Waals surface area contributed by atoms with E-state index >= 15 is 0 Å². The van der Waals surface area contributed by atoms with Crippen LogP contribution in [0.3, 0.4) is 0 Å². The number of halogens is 2. The quantitative estimate of drug-likeness (QED) is 0.565. The molecule has 2 aromatic carbocycles. The molecule has 0 spiro atoms. The number of hydrogen-bond acceptors (Lipinski definition) is 4. The van der Waals surface area contributed by atoms with E-state index in [0.717, 1.165) is 0 Å². The Morgan fingerprint density at radius 1 is 1.16 bits per heavy atom. The third kappa shape index (κ3) is 6.17. The zero-order valence-electron chi connectivity index (χ0n) is 13.3. The molecule has 2 rings (SSSR count). The molecule has 0 radical (unpaired) electrons. The Morgan fingerprint density at radius 3 is 2.68 bits per heavy atom. The van der Waals surface area contributed by atoms with Crippen LogP contribution in [0.5, 0.6) is 5.75 Å². The molecule has 0 unspecified atom stereocenters. The van der Waals surface area contributed by atoms with Crippen LogP contribution in [0.1, 0.15) is 10.4 Å². The van der Waals surface area contributed by atoms with Crippen LogP contribution in [-0.2, 0) is 4.74 Å². The third-order valence-electron chi connectivity index (χ3n) is 3.05. The summed E-state index contributed by atoms with van der Waals surface area (Å²) >= 11 is 17.0. The molecule has 25 heavy (non-hydrogen) atoms. The number of carbonyl (C=O) groups is 1. The summed E-state index contributed by atoms with van der Waals surface area (Å²) in [5.41, 5.74) is 0.967. The van der Waals surface area contributed by atoms with Crippen LogP contribution in [-0.4, -0.2) is 31.3 Å². The van der Waals surface area contributed by atoms with E-state index in [1.54, 1.807) is 25.3 Å². The molecule has 0 saturated carbocycles. The maximum absolute atomic E-state index is 12.2. The van der Waals surface area contributed by atoms with E-state index < -0.39 is 5.91 Å². The molecule has 5 nitrogen and oxygen atoms in total. The van der Waals surface area contributed by atoms with Gasteiger partial charge in [0.05, 0.1) is 17.2 Å². The standard InChI is InChI=1S/C17H16Cl2N2O3S/c1-23-7-8-24-13-4-2-3-12(10-13)20-17(25)21-16(22)14-6-5-11(18)9-15(14)19/h2-6,9-10H,7-8H2,1H3,(H2,20,21,22,25). The number of rotatable bonds is 6. The van der Waals surface area contributed by atoms with Crippen LogP contribution < -0.4 is 15.4 Å². The normalized spacial score (nSPS) is 10.2. The molecule has 0 aliphatic rings. The minimum atomic E-state index is -0.424. The van der Waals surface area contributed by atoms with Crippen molar-refractivity contribution in [2.75, 3.05) is 25.6 Å². The van der Waals surface area contributed by atoms with Gasteiger partial charge in [-0.15, -0.1) is 0 Å². The summed E-state index contributed by atoms with van der Waals surface area (Å²) in [6.45, 7) is 0.935. The van der Waals surface area contributed by atoms with Gasteiger partial charge in [0.1, 0.15) is 12.4 Å². The molecule has 0 saturated heterocycles. The van der Waals surface area contributed by atoms with Crippen molar-refractivity contribution in [2.45, 2.75) is 0 Å². The van der Waals surface area contributed by atoms with Gasteiger partial charge in [-0.25, -0.2) is 0 Å². The Morgan fingerprint density at radius 2 is 1.96 bits per heavy atom. The van der Waals surface area contributed by atoms with E-state index in [1.807, 2.05) is 12.1 Å². The molecular formula is C17H16Cl2N2O3S. The van der Waals surface area contributed by atoms with E-state index in [1.165, 1.54) is 12.1 Å². The highest BCUT2D eigenvalue weighted by Gasteiger charge is 2.12. The summed E-state index contributed by atoms with van der Waals surface area (Å²) in [5.74, 6) is 0.239. The second-order valence-electron chi connectivity index (χ2n) is 4.90. The maximum Gasteiger partial charge on any atom is 0.258 e. The number of hydrogen-bond donors (Lipinski definition) is 2. The highest BCUT2D eigenvalue weighted by Crippen LogP contribution is 2.21. The van der Waals surface area contributed by atoms with Crippen LogP contribution in [0.4, 0.5) is 5.69 Å². The molecule has 0 aliphatic carbocycles. The number of amides is 1. The minimum Gasteiger partial charge on any atom is -0.491 e. The smallest absolute Gasteiger partial charge is 0.258 e. The van der Waals surface area contributed by atoms with Crippen molar-refractivity contribution < 1.29 is 14.3 Å². The minimum absolute atomic E-state index is 0.144. The molecule has 0 aromatic heterocycles. The average molecular weight is 399 g/mol. The third-order valence-corrected chi connectivity index (χ3v) is 3.80. The largest absolute Gasteiger partial charge is 0.491 e. The number of ether oxygens (including phenoxy) is 2. The zero-order chi connectivity index (χ0) is 18.2. The highest BCUT2D eigenvalue weighted by atomic mass is 35.5. The van der Waals surface area contributed by atoms with Crippen molar-refractivity contribution in [3.05, 3.63) is 58.1 Å². The number of anilines is 1. The molecular weight excluding hydrogens is 383 g/mol. The Hall–Kier alpha value is -1.86. The van der Waals surface area contributed by atoms with E-state index in [0.29, 0.717) is 29.7 Å². The number of carbonyl (C=O) groups excluding carboxylic acids is 1. The van der Waals surface area contributed by atoms with E-state index in [4.69, 9.17) is 44.9 Å². The molecule has 0 heterocycles. The fourth-order valence-electron chi connectivity index (χ4n) is 1.91. The van der Waals surface area contributed by atoms with Crippen molar-refractivity contribution in [1.29, 1.82) is 0 Å². The van der Waals surface area contributed by atoms with Gasteiger partial charge in [-0.2, -0.15) is 0 Å². The van der Waals surface area contributed by atoms with Crippen molar-refractivity contribution >= 4 is 52.1 Å². The molecule has 1 amide bonds. The lowest BCUT2D eigenvalue weighted by Crippen LogP contribution is -2.34. The molecule has 2 aromatic rings. The van der Waals surface area contributed by atoms with Crippen LogP contribution >= 0.6 is 35.4 Å². The van der Waals surface area contributed by atoms with Gasteiger partial charge >= 0.3 is 0 Å². The predicted octanol–water partition coefficient (Wildman–Crippen LogP) is 4.15. The van der Waals surface area contributed by atoms with Gasteiger partial charge in [-0.3, -0.25) is 10.1 Å². The van der Waals surface area contributed by atoms with Gasteiger partial charge < -0.3 is 14.8 Å². The number of nitrogens with one attached hydrogen (secondary N) is 2. The maximum atomic E-state index is 12.2. The summed E-state index contributed by atoms with van der Waals surface area (Å²) in [4.78, 5) is 12.2. The fourth-order valence-corrected chi connectivity index (χ4v) is 2.62. The number of methoxy groups -OCH3 is 1. The SMILES string of the molecule is COCCOc1cccc(NC(=S)NC(=O)c2ccc(Cl)cc2Cl)c1. The Kier molecular flexibility index (Phi) is 7.46. The lowest BCUT2D eigenvalue weighted by Gasteiger charge is -2.12. The Labute approximate surface area is 161 Å². The molecule has 0 bridgehead atoms. The zero-order valence-corrected chi connectivity index (χ0v) is 15.7. The first-order chi connectivity index (χ1) is 12.0. The Bertz CT molecular complexity index is 771. The molecule has 8 heteroatoms. The van der Waals surface area contributed by atoms with Crippen LogP contribution in [0.25, 0.3) is 0 Å². The second kappa shape index (κ2) is 9.58. The Balaban J connectivity index is 1.95. The van der Waals surface area contributed by atoms with Gasteiger partial charge in [0.25, 0.3) is 5.91 Å². The lowest BCUT2D eigenvalue weighted by molar-refractivity contribution is 0.0978. The summed E-state index contributed by atoms with van der Waals surface area (Å²) in [5, 5.41) is 6.34. The fraction of sp³-hybridized carbons (Fsp3) is 0.176. The summed E-state index contributed by atoms with van der Waals surface area (Å²) < 4.78 is 10.5. The van der Waals surface area contributed by atoms with Gasteiger partial charge in [-0.05, 0) is 42.5 Å². The molecule has 0 atom stereocenters. The van der Waals surface area contributed by atoms with Crippen LogP contribution in [0.15, 0.2) is 42.5 Å². The van der Waals surface area contributed by atoms with Gasteiger partial charge in [0.2, 0.25) is 0 Å². The lowest BCUT2D eigenvalue weighted by atomic mass is 10.2. The first kappa shape index (κ1) is 19.5. The highest BCUT2D eigenvalue weighted by molar-refractivity contribution is 7.80. The van der Waals surface area contributed by atoms with E-state index in [2.05, 4.69) is 10.6 Å². The number of benzene rings is 2. The van der Waals surface area contributed by atoms with Gasteiger partial charge in [-0.1, -0.05) is 29.3 Å². The first-order valence-corrected chi connectivity index (χ1v) is 8.45. The monoisotopic (exact) mass is 398 g/mol. The van der Waals surface area contributed by atoms with Crippen molar-refractivity contribution in [3.63, 3.8) is 0 Å². The van der Waals surface area contributed by atoms with E-state index in [-0.39, 0.29) is 15.7 Å². The molecule has 0 aliphatic heterocycles. The summed E-state index contributed by atoms with van der Waals surface area (Å²) in [7, 11) is 1.61. The number of thiocarbonyl (C=S) groups is 1. The van der Waals surface area contributed by atoms with E-state index in [9.17, 15) is 4.79 Å². The first-order valence-electron chi connectivity index (χ1n) is 7.29. The molecule has 2 N–H and O–H groups in total. The molecule has 132 valence electrons. The van der Waals surface area contributed by atoms with Gasteiger partial charge in [0.15, 0.2) is 5.11 Å². The average Bonchev–Trinajstić information content (AvgIpc) is 2.55. The van der Waals surface area contributed by atoms with Crippen molar-refractivity contribution in [3.8, 4) is 5.75 Å². The molecule has 0 fully saturated rings. The summed E-state index contributed by atoms with van der Waals surface area (Å²) in [6.07, 6.45) is 0. The second-order valence-corrected chi connectivity index (χ2v) is 6.15.